The zero-order valence-corrected chi connectivity index (χ0v) is 6.31. The Bertz CT molecular complexity index is 165. The van der Waals surface area contributed by atoms with E-state index in [1.165, 1.54) is 17.7 Å². The highest BCUT2D eigenvalue weighted by molar-refractivity contribution is 5.64. The Labute approximate surface area is 56.5 Å². The highest BCUT2D eigenvalue weighted by atomic mass is 14.7. The Balaban J connectivity index is 2.75. The first-order valence-electron chi connectivity index (χ1n) is 3.40. The minimum absolute atomic E-state index is 0.647. The normalized spacial score (nSPS) is 27.2. The maximum atomic E-state index is 4.25. The zero-order valence-electron chi connectivity index (χ0n) is 6.31. The molecule has 9 heavy (non-hydrogen) atoms. The van der Waals surface area contributed by atoms with E-state index in [1.54, 1.807) is 0 Å². The molecular formula is C8H13N. The van der Waals surface area contributed by atoms with Gasteiger partial charge in [0.05, 0.1) is 0 Å². The lowest BCUT2D eigenvalue weighted by Crippen LogP contribution is -2.02. The van der Waals surface area contributed by atoms with E-state index in [1.807, 2.05) is 6.21 Å². The molecule has 0 aromatic heterocycles. The fourth-order valence-corrected chi connectivity index (χ4v) is 1.03. The van der Waals surface area contributed by atoms with Crippen LogP contribution in [0.25, 0.3) is 0 Å². The van der Waals surface area contributed by atoms with Gasteiger partial charge >= 0.3 is 0 Å². The van der Waals surface area contributed by atoms with Crippen molar-refractivity contribution in [3.8, 4) is 0 Å². The first-order chi connectivity index (χ1) is 4.20. The molecule has 1 unspecified atom stereocenters. The summed E-state index contributed by atoms with van der Waals surface area (Å²) in [6, 6.07) is 0. The molecule has 0 radical (unpaired) electrons. The van der Waals surface area contributed by atoms with E-state index >= 15 is 0 Å². The fourth-order valence-electron chi connectivity index (χ4n) is 1.03. The van der Waals surface area contributed by atoms with Crippen molar-refractivity contribution in [2.45, 2.75) is 27.2 Å². The summed E-state index contributed by atoms with van der Waals surface area (Å²) in [5.74, 6) is 0.647. The Morgan fingerprint density at radius 2 is 2.22 bits per heavy atom. The number of hydrogen-bond donors (Lipinski definition) is 0. The quantitative estimate of drug-likeness (QED) is 0.469. The first kappa shape index (κ1) is 6.53. The van der Waals surface area contributed by atoms with E-state index in [0.717, 1.165) is 0 Å². The zero-order chi connectivity index (χ0) is 6.85. The fraction of sp³-hybridized carbons (Fsp3) is 0.625. The second-order valence-electron chi connectivity index (χ2n) is 2.83. The lowest BCUT2D eigenvalue weighted by atomic mass is 10.00. The van der Waals surface area contributed by atoms with E-state index in [2.05, 4.69) is 25.8 Å². The van der Waals surface area contributed by atoms with Gasteiger partial charge in [-0.2, -0.15) is 0 Å². The van der Waals surface area contributed by atoms with Gasteiger partial charge in [0.2, 0.25) is 0 Å². The molecule has 0 saturated heterocycles. The molecule has 1 aliphatic heterocycles. The van der Waals surface area contributed by atoms with Crippen molar-refractivity contribution in [2.24, 2.45) is 10.9 Å². The standard InChI is InChI=1S/C8H13N/c1-6-4-7(2)8(3)9-5-6/h5-6H,4H2,1-3H3. The molecule has 0 N–H and O–H groups in total. The van der Waals surface area contributed by atoms with Crippen molar-refractivity contribution in [1.82, 2.24) is 0 Å². The van der Waals surface area contributed by atoms with E-state index in [9.17, 15) is 0 Å². The van der Waals surface area contributed by atoms with Gasteiger partial charge in [0.25, 0.3) is 0 Å². The summed E-state index contributed by atoms with van der Waals surface area (Å²) >= 11 is 0. The smallest absolute Gasteiger partial charge is 0.0358 e. The molecule has 1 atom stereocenters. The van der Waals surface area contributed by atoms with Crippen LogP contribution in [0.1, 0.15) is 27.2 Å². The van der Waals surface area contributed by atoms with E-state index < -0.39 is 0 Å². The molecule has 0 saturated carbocycles. The van der Waals surface area contributed by atoms with Crippen LogP contribution in [0, 0.1) is 5.92 Å². The topological polar surface area (TPSA) is 12.4 Å². The minimum Gasteiger partial charge on any atom is -0.266 e. The van der Waals surface area contributed by atoms with Gasteiger partial charge in [-0.3, -0.25) is 4.99 Å². The van der Waals surface area contributed by atoms with Gasteiger partial charge in [0.1, 0.15) is 0 Å². The maximum Gasteiger partial charge on any atom is 0.0358 e. The summed E-state index contributed by atoms with van der Waals surface area (Å²) in [6.07, 6.45) is 3.22. The Morgan fingerprint density at radius 1 is 1.56 bits per heavy atom. The third-order valence-electron chi connectivity index (χ3n) is 1.77. The predicted octanol–water partition coefficient (Wildman–Crippen LogP) is 2.39. The average Bonchev–Trinajstić information content (AvgIpc) is 1.80. The van der Waals surface area contributed by atoms with Crippen LogP contribution in [0.15, 0.2) is 16.3 Å². The second kappa shape index (κ2) is 2.34. The number of rotatable bonds is 0. The van der Waals surface area contributed by atoms with Crippen molar-refractivity contribution >= 4 is 6.21 Å². The Morgan fingerprint density at radius 3 is 2.67 bits per heavy atom. The lowest BCUT2D eigenvalue weighted by Gasteiger charge is -2.12. The monoisotopic (exact) mass is 123 g/mol. The summed E-state index contributed by atoms with van der Waals surface area (Å²) in [4.78, 5) is 4.25. The van der Waals surface area contributed by atoms with Gasteiger partial charge in [-0.1, -0.05) is 12.5 Å². The lowest BCUT2D eigenvalue weighted by molar-refractivity contribution is 0.746. The molecule has 0 spiro atoms. The molecule has 0 aliphatic carbocycles. The molecule has 1 aliphatic rings. The van der Waals surface area contributed by atoms with Crippen LogP contribution in [0.2, 0.25) is 0 Å². The van der Waals surface area contributed by atoms with Gasteiger partial charge in [0, 0.05) is 11.9 Å². The largest absolute Gasteiger partial charge is 0.266 e. The van der Waals surface area contributed by atoms with Crippen molar-refractivity contribution in [3.05, 3.63) is 11.3 Å². The van der Waals surface area contributed by atoms with Crippen LogP contribution in [-0.2, 0) is 0 Å². The van der Waals surface area contributed by atoms with Crippen LogP contribution < -0.4 is 0 Å². The van der Waals surface area contributed by atoms with Gasteiger partial charge in [-0.05, 0) is 26.2 Å². The van der Waals surface area contributed by atoms with Gasteiger partial charge in [-0.15, -0.1) is 0 Å². The van der Waals surface area contributed by atoms with Crippen LogP contribution in [-0.4, -0.2) is 6.21 Å². The molecule has 1 heteroatoms. The molecular weight excluding hydrogens is 110 g/mol. The highest BCUT2D eigenvalue weighted by Gasteiger charge is 2.06. The SMILES string of the molecule is CC1=C(C)N=CC(C)C1. The molecule has 1 nitrogen and oxygen atoms in total. The van der Waals surface area contributed by atoms with E-state index in [0.29, 0.717) is 5.92 Å². The minimum atomic E-state index is 0.647. The number of aliphatic imine (C=N–C) groups is 1. The molecule has 0 bridgehead atoms. The predicted molar refractivity (Wildman–Crippen MR) is 40.6 cm³/mol. The third-order valence-corrected chi connectivity index (χ3v) is 1.77. The van der Waals surface area contributed by atoms with Gasteiger partial charge in [0.15, 0.2) is 0 Å². The molecule has 50 valence electrons. The van der Waals surface area contributed by atoms with Crippen LogP contribution in [0.4, 0.5) is 0 Å². The Kier molecular flexibility index (Phi) is 1.70. The van der Waals surface area contributed by atoms with Crippen LogP contribution in [0.5, 0.6) is 0 Å². The van der Waals surface area contributed by atoms with Gasteiger partial charge in [-0.25, -0.2) is 0 Å². The maximum absolute atomic E-state index is 4.25. The van der Waals surface area contributed by atoms with Crippen molar-refractivity contribution in [1.29, 1.82) is 0 Å². The third kappa shape index (κ3) is 1.41. The second-order valence-corrected chi connectivity index (χ2v) is 2.83. The summed E-state index contributed by atoms with van der Waals surface area (Å²) in [6.45, 7) is 6.42. The van der Waals surface area contributed by atoms with E-state index in [-0.39, 0.29) is 0 Å². The number of nitrogens with zero attached hydrogens (tertiary/aromatic N) is 1. The van der Waals surface area contributed by atoms with Gasteiger partial charge < -0.3 is 0 Å². The molecule has 0 amide bonds. The molecule has 0 aromatic rings. The Hall–Kier alpha value is -0.590. The number of allylic oxidation sites excluding steroid dienone is 2. The first-order valence-corrected chi connectivity index (χ1v) is 3.40. The molecule has 1 rings (SSSR count). The highest BCUT2D eigenvalue weighted by Crippen LogP contribution is 2.18. The van der Waals surface area contributed by atoms with Crippen LogP contribution >= 0.6 is 0 Å². The average molecular weight is 123 g/mol. The van der Waals surface area contributed by atoms with Crippen molar-refractivity contribution in [2.75, 3.05) is 0 Å². The number of hydrogen-bond acceptors (Lipinski definition) is 1. The van der Waals surface area contributed by atoms with Crippen molar-refractivity contribution in [3.63, 3.8) is 0 Å². The molecule has 0 fully saturated rings. The summed E-state index contributed by atoms with van der Waals surface area (Å²) in [7, 11) is 0. The summed E-state index contributed by atoms with van der Waals surface area (Å²) in [5.41, 5.74) is 2.64. The van der Waals surface area contributed by atoms with Crippen molar-refractivity contribution < 1.29 is 0 Å². The van der Waals surface area contributed by atoms with E-state index in [4.69, 9.17) is 0 Å². The summed E-state index contributed by atoms with van der Waals surface area (Å²) < 4.78 is 0. The molecule has 1 heterocycles. The van der Waals surface area contributed by atoms with Crippen LogP contribution in [0.3, 0.4) is 0 Å². The molecule has 0 aromatic carbocycles. The summed E-state index contributed by atoms with van der Waals surface area (Å²) in [5, 5.41) is 0.